The number of aliphatic carboxylic acids is 2. The molecule has 2 heterocycles. The summed E-state index contributed by atoms with van der Waals surface area (Å²) in [6, 6.07) is 10.3. The van der Waals surface area contributed by atoms with Crippen LogP contribution in [0.4, 0.5) is 39.5 Å². The third-order valence-electron chi connectivity index (χ3n) is 9.40. The number of carbonyl (C=O) groups is 2. The molecule has 2 atom stereocenters. The number of hydrogen-bond acceptors (Lipinski definition) is 8. The molecule has 0 aliphatic heterocycles. The van der Waals surface area contributed by atoms with E-state index in [9.17, 15) is 50.5 Å². The smallest absolute Gasteiger partial charge is 0.387 e. The lowest BCUT2D eigenvalue weighted by Crippen LogP contribution is -2.47. The standard InChI is InChI=1S/C42H31F9N2O8/c1-3-27-22(15-18-5-8-20(43)9-6-18)35(60-41(48)49)31-29(13-11-24(45)33(31)52-27)58-37(39(54)55)38(40(56)57)59-30-14-12-25(46)34-32(30)36(61-42(50)51)23(28(4-2)53-34)16-19-7-10-21(44)17-26(19)47/h5-14,17,37-38,41-42H,3-4,15-16H2,1-2H3,(H,54,55)(H,56,57). The van der Waals surface area contributed by atoms with Crippen LogP contribution in [-0.2, 0) is 35.3 Å². The fraction of sp³-hybridized carbons (Fsp3) is 0.238. The Morgan fingerprint density at radius 3 is 1.43 bits per heavy atom. The van der Waals surface area contributed by atoms with Crippen LogP contribution in [0.3, 0.4) is 0 Å². The first kappa shape index (κ1) is 43.8. The third kappa shape index (κ3) is 9.34. The largest absolute Gasteiger partial charge is 0.478 e. The minimum atomic E-state index is -3.64. The molecule has 19 heteroatoms. The van der Waals surface area contributed by atoms with Crippen molar-refractivity contribution in [3.8, 4) is 23.0 Å². The number of ether oxygens (including phenoxy) is 4. The second-order valence-electron chi connectivity index (χ2n) is 13.2. The van der Waals surface area contributed by atoms with Crippen molar-refractivity contribution in [2.75, 3.05) is 0 Å². The van der Waals surface area contributed by atoms with Gasteiger partial charge in [-0.2, -0.15) is 17.6 Å². The van der Waals surface area contributed by atoms with Gasteiger partial charge in [0, 0.05) is 41.4 Å². The van der Waals surface area contributed by atoms with E-state index >= 15 is 8.78 Å². The van der Waals surface area contributed by atoms with E-state index in [4.69, 9.17) is 18.9 Å². The number of alkyl halides is 4. The Kier molecular flexibility index (Phi) is 13.1. The highest BCUT2D eigenvalue weighted by Crippen LogP contribution is 2.43. The molecule has 0 aliphatic rings. The van der Waals surface area contributed by atoms with E-state index < -0.39 is 118 Å². The minimum absolute atomic E-state index is 0.0291. The van der Waals surface area contributed by atoms with Crippen LogP contribution >= 0.6 is 0 Å². The van der Waals surface area contributed by atoms with Crippen LogP contribution in [0.1, 0.15) is 47.5 Å². The van der Waals surface area contributed by atoms with Gasteiger partial charge in [0.2, 0.25) is 12.2 Å². The zero-order valence-electron chi connectivity index (χ0n) is 31.6. The number of rotatable bonds is 17. The van der Waals surface area contributed by atoms with Crippen molar-refractivity contribution in [3.05, 3.63) is 129 Å². The average Bonchev–Trinajstić information content (AvgIpc) is 3.20. The summed E-state index contributed by atoms with van der Waals surface area (Å²) in [6.45, 7) is -4.13. The molecule has 320 valence electrons. The number of benzene rings is 4. The van der Waals surface area contributed by atoms with E-state index in [1.54, 1.807) is 6.92 Å². The molecule has 0 saturated heterocycles. The van der Waals surface area contributed by atoms with Crippen molar-refractivity contribution in [1.82, 2.24) is 9.97 Å². The van der Waals surface area contributed by atoms with Crippen molar-refractivity contribution in [2.24, 2.45) is 0 Å². The summed E-state index contributed by atoms with van der Waals surface area (Å²) in [5, 5.41) is 19.4. The van der Waals surface area contributed by atoms with Gasteiger partial charge in [-0.15, -0.1) is 0 Å². The van der Waals surface area contributed by atoms with Crippen LogP contribution in [-0.4, -0.2) is 57.6 Å². The van der Waals surface area contributed by atoms with Gasteiger partial charge in [-0.1, -0.05) is 32.0 Å². The summed E-state index contributed by atoms with van der Waals surface area (Å²) in [6.07, 6.45) is -6.26. The van der Waals surface area contributed by atoms with E-state index in [2.05, 4.69) is 9.97 Å². The molecule has 6 rings (SSSR count). The molecule has 61 heavy (non-hydrogen) atoms. The van der Waals surface area contributed by atoms with Crippen LogP contribution in [0.15, 0.2) is 66.7 Å². The highest BCUT2D eigenvalue weighted by molar-refractivity contribution is 5.95. The maximum absolute atomic E-state index is 15.5. The Bertz CT molecular complexity index is 2630. The minimum Gasteiger partial charge on any atom is -0.478 e. The Labute approximate surface area is 339 Å². The molecule has 2 aromatic heterocycles. The summed E-state index contributed by atoms with van der Waals surface area (Å²) in [5.41, 5.74) is -1.60. The Morgan fingerprint density at radius 1 is 0.574 bits per heavy atom. The molecule has 0 fully saturated rings. The summed E-state index contributed by atoms with van der Waals surface area (Å²) in [7, 11) is 0. The van der Waals surface area contributed by atoms with Crippen LogP contribution < -0.4 is 18.9 Å². The van der Waals surface area contributed by atoms with Gasteiger partial charge in [-0.3, -0.25) is 0 Å². The van der Waals surface area contributed by atoms with Crippen LogP contribution in [0, 0.1) is 29.1 Å². The maximum atomic E-state index is 15.5. The molecule has 0 amide bonds. The van der Waals surface area contributed by atoms with Crippen molar-refractivity contribution < 1.29 is 78.3 Å². The van der Waals surface area contributed by atoms with Gasteiger partial charge in [0.15, 0.2) is 0 Å². The number of nitrogens with zero attached hydrogens (tertiary/aromatic N) is 2. The number of carboxylic acids is 2. The Morgan fingerprint density at radius 2 is 1.02 bits per heavy atom. The Hall–Kier alpha value is -6.79. The fourth-order valence-electron chi connectivity index (χ4n) is 6.72. The molecule has 2 unspecified atom stereocenters. The highest BCUT2D eigenvalue weighted by atomic mass is 19.3. The second-order valence-corrected chi connectivity index (χ2v) is 13.2. The first-order valence-corrected chi connectivity index (χ1v) is 18.2. The molecular weight excluding hydrogens is 831 g/mol. The summed E-state index contributed by atoms with van der Waals surface area (Å²) >= 11 is 0. The zero-order chi connectivity index (χ0) is 44.3. The van der Waals surface area contributed by atoms with Gasteiger partial charge in [-0.25, -0.2) is 41.5 Å². The van der Waals surface area contributed by atoms with E-state index in [1.165, 1.54) is 19.1 Å². The SMILES string of the molecule is CCc1nc2c(F)ccc(OC(C(=O)O)C(Oc3ccc(F)c4nc(CC)c(Cc5ccc(F)cc5F)c(OC(F)F)c34)C(=O)O)c2c(OC(F)F)c1Cc1ccc(F)cc1. The summed E-state index contributed by atoms with van der Waals surface area (Å²) in [5.74, 6) is -12.2. The van der Waals surface area contributed by atoms with Crippen LogP contribution in [0.5, 0.6) is 23.0 Å². The van der Waals surface area contributed by atoms with E-state index in [0.29, 0.717) is 17.7 Å². The topological polar surface area (TPSA) is 137 Å². The molecule has 0 radical (unpaired) electrons. The molecule has 0 spiro atoms. The fourth-order valence-corrected chi connectivity index (χ4v) is 6.72. The number of pyridine rings is 2. The molecular formula is C42H31F9N2O8. The van der Waals surface area contributed by atoms with Crippen LogP contribution in [0.2, 0.25) is 0 Å². The van der Waals surface area contributed by atoms with Gasteiger partial charge >= 0.3 is 25.2 Å². The molecule has 0 saturated carbocycles. The zero-order valence-corrected chi connectivity index (χ0v) is 31.6. The normalized spacial score (nSPS) is 12.5. The highest BCUT2D eigenvalue weighted by Gasteiger charge is 2.40. The number of fused-ring (bicyclic) bond motifs is 2. The predicted octanol–water partition coefficient (Wildman–Crippen LogP) is 9.35. The number of hydrogen-bond donors (Lipinski definition) is 2. The van der Waals surface area contributed by atoms with Crippen LogP contribution in [0.25, 0.3) is 21.8 Å². The third-order valence-corrected chi connectivity index (χ3v) is 9.40. The van der Waals surface area contributed by atoms with Crippen molar-refractivity contribution >= 4 is 33.7 Å². The van der Waals surface area contributed by atoms with Gasteiger partial charge in [0.25, 0.3) is 0 Å². The molecule has 2 N–H and O–H groups in total. The number of halogens is 9. The molecule has 4 aromatic carbocycles. The quantitative estimate of drug-likeness (QED) is 0.0854. The lowest BCUT2D eigenvalue weighted by atomic mass is 9.97. The van der Waals surface area contributed by atoms with Gasteiger partial charge < -0.3 is 29.2 Å². The van der Waals surface area contributed by atoms with Gasteiger partial charge in [0.05, 0.1) is 10.8 Å². The maximum Gasteiger partial charge on any atom is 0.387 e. The summed E-state index contributed by atoms with van der Waals surface area (Å²) in [4.78, 5) is 34.2. The summed E-state index contributed by atoms with van der Waals surface area (Å²) < 4.78 is 151. The Balaban J connectivity index is 1.52. The number of aromatic nitrogens is 2. The predicted molar refractivity (Wildman–Crippen MR) is 198 cm³/mol. The van der Waals surface area contributed by atoms with E-state index in [-0.39, 0.29) is 47.3 Å². The lowest BCUT2D eigenvalue weighted by molar-refractivity contribution is -0.161. The van der Waals surface area contributed by atoms with Crippen molar-refractivity contribution in [1.29, 1.82) is 0 Å². The molecule has 0 bridgehead atoms. The van der Waals surface area contributed by atoms with Crippen molar-refractivity contribution in [3.63, 3.8) is 0 Å². The van der Waals surface area contributed by atoms with Crippen molar-refractivity contribution in [2.45, 2.75) is 65.0 Å². The number of carboxylic acid groups (broad SMARTS) is 2. The van der Waals surface area contributed by atoms with E-state index in [1.807, 2.05) is 0 Å². The molecule has 10 nitrogen and oxygen atoms in total. The second kappa shape index (κ2) is 18.2. The first-order chi connectivity index (χ1) is 29.0. The monoisotopic (exact) mass is 862 g/mol. The average molecular weight is 863 g/mol. The lowest BCUT2D eigenvalue weighted by Gasteiger charge is -2.26. The van der Waals surface area contributed by atoms with E-state index in [0.717, 1.165) is 42.5 Å². The van der Waals surface area contributed by atoms with Gasteiger partial charge in [-0.05, 0) is 66.4 Å². The number of aryl methyl sites for hydroxylation is 2. The molecule has 0 aliphatic carbocycles. The molecule has 6 aromatic rings. The first-order valence-electron chi connectivity index (χ1n) is 18.2. The van der Waals surface area contributed by atoms with Gasteiger partial charge in [0.1, 0.15) is 63.1 Å².